The third kappa shape index (κ3) is 4.70. The van der Waals surface area contributed by atoms with Gasteiger partial charge >= 0.3 is 0 Å². The van der Waals surface area contributed by atoms with E-state index in [4.69, 9.17) is 9.84 Å². The topological polar surface area (TPSA) is 62.7 Å². The Bertz CT molecular complexity index is 460. The molecule has 1 rings (SSSR count). The second kappa shape index (κ2) is 8.25. The fourth-order valence-corrected chi connectivity index (χ4v) is 1.50. The van der Waals surface area contributed by atoms with Crippen LogP contribution in [0.15, 0.2) is 18.3 Å². The number of ether oxygens (including phenoxy) is 1. The van der Waals surface area contributed by atoms with Crippen LogP contribution in [0, 0.1) is 11.8 Å². The van der Waals surface area contributed by atoms with Crippen LogP contribution in [0.1, 0.15) is 23.0 Å². The lowest BCUT2D eigenvalue weighted by Gasteiger charge is -2.19. The second-order valence-corrected chi connectivity index (χ2v) is 3.77. The van der Waals surface area contributed by atoms with Crippen molar-refractivity contribution in [3.63, 3.8) is 0 Å². The Balaban J connectivity index is 2.75. The summed E-state index contributed by atoms with van der Waals surface area (Å²) in [6, 6.07) is 3.35. The zero-order chi connectivity index (χ0) is 14.1. The first-order chi connectivity index (χ1) is 9.22. The number of hydrogen-bond acceptors (Lipinski definition) is 4. The fourth-order valence-electron chi connectivity index (χ4n) is 1.50. The van der Waals surface area contributed by atoms with Crippen molar-refractivity contribution >= 4 is 5.91 Å². The molecule has 5 heteroatoms. The van der Waals surface area contributed by atoms with Gasteiger partial charge in [-0.1, -0.05) is 11.8 Å². The second-order valence-electron chi connectivity index (χ2n) is 3.77. The van der Waals surface area contributed by atoms with E-state index in [1.807, 2.05) is 6.92 Å². The molecule has 1 aromatic heterocycles. The molecule has 0 atom stereocenters. The van der Waals surface area contributed by atoms with Crippen LogP contribution in [0.2, 0.25) is 0 Å². The molecule has 1 heterocycles. The molecule has 1 aromatic rings. The van der Waals surface area contributed by atoms with Gasteiger partial charge in [0, 0.05) is 32.0 Å². The van der Waals surface area contributed by atoms with Gasteiger partial charge in [0.25, 0.3) is 5.91 Å². The average molecular weight is 262 g/mol. The van der Waals surface area contributed by atoms with Crippen LogP contribution in [-0.4, -0.2) is 54.3 Å². The van der Waals surface area contributed by atoms with E-state index in [0.29, 0.717) is 31.0 Å². The van der Waals surface area contributed by atoms with Gasteiger partial charge < -0.3 is 14.7 Å². The van der Waals surface area contributed by atoms with Crippen LogP contribution in [-0.2, 0) is 4.74 Å². The molecule has 0 fully saturated rings. The Hall–Kier alpha value is -1.90. The molecule has 0 spiro atoms. The highest BCUT2D eigenvalue weighted by atomic mass is 16.5. The lowest BCUT2D eigenvalue weighted by molar-refractivity contribution is 0.0700. The van der Waals surface area contributed by atoms with Crippen molar-refractivity contribution < 1.29 is 14.6 Å². The van der Waals surface area contributed by atoms with Crippen LogP contribution in [0.4, 0.5) is 0 Å². The van der Waals surface area contributed by atoms with Gasteiger partial charge in [-0.05, 0) is 19.1 Å². The SMILES string of the molecule is CCN(CCOC)C(=O)c1ccc(C#CCO)cn1. The molecule has 1 amide bonds. The average Bonchev–Trinajstić information content (AvgIpc) is 2.46. The van der Waals surface area contributed by atoms with E-state index in [9.17, 15) is 4.79 Å². The number of pyridine rings is 1. The molecule has 0 aliphatic rings. The summed E-state index contributed by atoms with van der Waals surface area (Å²) in [4.78, 5) is 17.9. The van der Waals surface area contributed by atoms with Crippen LogP contribution in [0.25, 0.3) is 0 Å². The molecule has 0 radical (unpaired) electrons. The fraction of sp³-hybridized carbons (Fsp3) is 0.429. The third-order valence-corrected chi connectivity index (χ3v) is 2.53. The summed E-state index contributed by atoms with van der Waals surface area (Å²) in [5.74, 6) is 5.14. The number of hydrogen-bond donors (Lipinski definition) is 1. The lowest BCUT2D eigenvalue weighted by atomic mass is 10.2. The van der Waals surface area contributed by atoms with Gasteiger partial charge in [-0.25, -0.2) is 4.98 Å². The normalized spacial score (nSPS) is 9.63. The predicted molar refractivity (Wildman–Crippen MR) is 71.7 cm³/mol. The van der Waals surface area contributed by atoms with Crippen molar-refractivity contribution in [1.29, 1.82) is 0 Å². The highest BCUT2D eigenvalue weighted by Gasteiger charge is 2.14. The van der Waals surface area contributed by atoms with Crippen molar-refractivity contribution in [3.05, 3.63) is 29.6 Å². The molecule has 5 nitrogen and oxygen atoms in total. The summed E-state index contributed by atoms with van der Waals surface area (Å²) in [6.07, 6.45) is 1.53. The number of methoxy groups -OCH3 is 1. The zero-order valence-corrected chi connectivity index (χ0v) is 11.2. The molecule has 0 aromatic carbocycles. The van der Waals surface area contributed by atoms with Crippen LogP contribution in [0.5, 0.6) is 0 Å². The van der Waals surface area contributed by atoms with Crippen molar-refractivity contribution in [2.75, 3.05) is 33.4 Å². The number of amides is 1. The van der Waals surface area contributed by atoms with E-state index in [1.54, 1.807) is 24.1 Å². The van der Waals surface area contributed by atoms with Gasteiger partial charge in [0.15, 0.2) is 0 Å². The Morgan fingerprint density at radius 3 is 2.84 bits per heavy atom. The van der Waals surface area contributed by atoms with Gasteiger partial charge in [-0.2, -0.15) is 0 Å². The van der Waals surface area contributed by atoms with Gasteiger partial charge in [0.1, 0.15) is 12.3 Å². The maximum absolute atomic E-state index is 12.1. The minimum Gasteiger partial charge on any atom is -0.384 e. The molecular weight excluding hydrogens is 244 g/mol. The van der Waals surface area contributed by atoms with Gasteiger partial charge in [-0.15, -0.1) is 0 Å². The van der Waals surface area contributed by atoms with Crippen molar-refractivity contribution in [2.24, 2.45) is 0 Å². The first-order valence-corrected chi connectivity index (χ1v) is 6.07. The molecule has 19 heavy (non-hydrogen) atoms. The van der Waals surface area contributed by atoms with Crippen molar-refractivity contribution in [1.82, 2.24) is 9.88 Å². The highest BCUT2D eigenvalue weighted by Crippen LogP contribution is 2.03. The van der Waals surface area contributed by atoms with Crippen molar-refractivity contribution in [3.8, 4) is 11.8 Å². The lowest BCUT2D eigenvalue weighted by Crippen LogP contribution is -2.34. The third-order valence-electron chi connectivity index (χ3n) is 2.53. The molecule has 102 valence electrons. The number of rotatable bonds is 5. The van der Waals surface area contributed by atoms with Crippen molar-refractivity contribution in [2.45, 2.75) is 6.92 Å². The number of nitrogens with zero attached hydrogens (tertiary/aromatic N) is 2. The first kappa shape index (κ1) is 15.2. The number of carbonyl (C=O) groups is 1. The molecule has 0 aliphatic carbocycles. The quantitative estimate of drug-likeness (QED) is 0.786. The molecule has 0 saturated carbocycles. The highest BCUT2D eigenvalue weighted by molar-refractivity contribution is 5.92. The number of carbonyl (C=O) groups excluding carboxylic acids is 1. The maximum Gasteiger partial charge on any atom is 0.272 e. The minimum atomic E-state index is -0.193. The predicted octanol–water partition coefficient (Wildman–Crippen LogP) is 0.534. The monoisotopic (exact) mass is 262 g/mol. The first-order valence-electron chi connectivity index (χ1n) is 6.07. The number of likely N-dealkylation sites (N-methyl/N-ethyl adjacent to an activating group) is 1. The Morgan fingerprint density at radius 1 is 1.53 bits per heavy atom. The van der Waals surface area contributed by atoms with Gasteiger partial charge in [-0.3, -0.25) is 4.79 Å². The molecule has 1 N–H and O–H groups in total. The summed E-state index contributed by atoms with van der Waals surface area (Å²) >= 11 is 0. The van der Waals surface area contributed by atoms with Gasteiger partial charge in [0.05, 0.1) is 6.61 Å². The maximum atomic E-state index is 12.1. The number of aromatic nitrogens is 1. The molecular formula is C14H18N2O3. The van der Waals surface area contributed by atoms with E-state index in [1.165, 1.54) is 6.20 Å². The smallest absolute Gasteiger partial charge is 0.272 e. The molecule has 0 saturated heterocycles. The number of aliphatic hydroxyl groups is 1. The van der Waals surface area contributed by atoms with E-state index in [-0.39, 0.29) is 12.5 Å². The summed E-state index contributed by atoms with van der Waals surface area (Å²) < 4.78 is 4.97. The molecule has 0 aliphatic heterocycles. The Kier molecular flexibility index (Phi) is 6.58. The largest absolute Gasteiger partial charge is 0.384 e. The Morgan fingerprint density at radius 2 is 2.32 bits per heavy atom. The van der Waals surface area contributed by atoms with E-state index in [2.05, 4.69) is 16.8 Å². The van der Waals surface area contributed by atoms with E-state index in [0.717, 1.165) is 0 Å². The summed E-state index contributed by atoms with van der Waals surface area (Å²) in [5, 5.41) is 8.59. The van der Waals surface area contributed by atoms with E-state index < -0.39 is 0 Å². The Labute approximate surface area is 113 Å². The molecule has 0 unspecified atom stereocenters. The van der Waals surface area contributed by atoms with Gasteiger partial charge in [0.2, 0.25) is 0 Å². The van der Waals surface area contributed by atoms with Crippen LogP contribution >= 0.6 is 0 Å². The summed E-state index contributed by atoms with van der Waals surface area (Å²) in [5.41, 5.74) is 1.05. The zero-order valence-electron chi connectivity index (χ0n) is 11.2. The molecule has 0 bridgehead atoms. The number of aliphatic hydroxyl groups excluding tert-OH is 1. The summed E-state index contributed by atoms with van der Waals surface area (Å²) in [7, 11) is 1.60. The van der Waals surface area contributed by atoms with Crippen LogP contribution in [0.3, 0.4) is 0 Å². The standard InChI is InChI=1S/C14H18N2O3/c1-3-16(8-10-19-2)14(18)13-7-6-12(11-15-13)5-4-9-17/h6-7,11,17H,3,8-10H2,1-2H3. The summed E-state index contributed by atoms with van der Waals surface area (Å²) in [6.45, 7) is 3.37. The van der Waals surface area contributed by atoms with Crippen LogP contribution < -0.4 is 0 Å². The minimum absolute atomic E-state index is 0.124. The van der Waals surface area contributed by atoms with E-state index >= 15 is 0 Å².